The predicted molar refractivity (Wildman–Crippen MR) is 115 cm³/mol. The first-order valence-electron chi connectivity index (χ1n) is 9.85. The molecule has 0 aliphatic carbocycles. The van der Waals surface area contributed by atoms with Gasteiger partial charge in [-0.25, -0.2) is 18.2 Å². The van der Waals surface area contributed by atoms with Crippen LogP contribution >= 0.6 is 0 Å². The molecule has 1 aromatic carbocycles. The molecule has 0 saturated carbocycles. The maximum atomic E-state index is 13.9. The lowest BCUT2D eigenvalue weighted by atomic mass is 10.1. The molecule has 1 saturated heterocycles. The number of anilines is 2. The van der Waals surface area contributed by atoms with Crippen LogP contribution in [0.2, 0.25) is 0 Å². The maximum Gasteiger partial charge on any atom is 0.259 e. The number of hydrogen-bond acceptors (Lipinski definition) is 5. The molecule has 0 bridgehead atoms. The Bertz CT molecular complexity index is 1110. The van der Waals surface area contributed by atoms with Gasteiger partial charge in [0.15, 0.2) is 5.84 Å². The topological polar surface area (TPSA) is 104 Å². The third-order valence-corrected chi connectivity index (χ3v) is 5.22. The van der Waals surface area contributed by atoms with Crippen molar-refractivity contribution in [2.45, 2.75) is 32.1 Å². The van der Waals surface area contributed by atoms with Crippen LogP contribution in [0.25, 0.3) is 0 Å². The molecule has 7 nitrogen and oxygen atoms in total. The van der Waals surface area contributed by atoms with Crippen LogP contribution in [0.4, 0.5) is 24.7 Å². The largest absolute Gasteiger partial charge is 0.409 e. The number of aromatic nitrogens is 1. The molecule has 0 spiro atoms. The van der Waals surface area contributed by atoms with Crippen molar-refractivity contribution < 1.29 is 23.2 Å². The molecule has 1 aliphatic heterocycles. The second kappa shape index (κ2) is 9.18. The van der Waals surface area contributed by atoms with E-state index in [4.69, 9.17) is 17.4 Å². The summed E-state index contributed by atoms with van der Waals surface area (Å²) >= 11 is 0. The van der Waals surface area contributed by atoms with Crippen LogP contribution in [-0.2, 0) is 0 Å². The summed E-state index contributed by atoms with van der Waals surface area (Å²) in [6.45, 7) is 2.01. The van der Waals surface area contributed by atoms with E-state index >= 15 is 0 Å². The summed E-state index contributed by atoms with van der Waals surface area (Å²) in [4.78, 5) is 19.2. The van der Waals surface area contributed by atoms with Crippen LogP contribution in [0, 0.1) is 25.1 Å². The smallest absolute Gasteiger partial charge is 0.259 e. The lowest BCUT2D eigenvalue weighted by Crippen LogP contribution is -2.30. The van der Waals surface area contributed by atoms with Gasteiger partial charge in [-0.3, -0.25) is 4.79 Å². The van der Waals surface area contributed by atoms with Gasteiger partial charge in [0.05, 0.1) is 16.8 Å². The molecule has 10 heteroatoms. The first-order chi connectivity index (χ1) is 15.1. The Morgan fingerprint density at radius 2 is 2.06 bits per heavy atom. The number of pyridine rings is 1. The Kier molecular flexibility index (Phi) is 6.58. The second-order valence-electron chi connectivity index (χ2n) is 7.47. The number of amides is 1. The number of oxime groups is 1. The molecule has 1 amide bonds. The lowest BCUT2D eigenvalue weighted by Gasteiger charge is -2.25. The zero-order chi connectivity index (χ0) is 23.5. The Hall–Kier alpha value is -3.74. The molecule has 3 rings (SSSR count). The van der Waals surface area contributed by atoms with Crippen LogP contribution in [-0.4, -0.2) is 40.9 Å². The first kappa shape index (κ1) is 22.9. The standard InChI is InChI=1S/C22H22F3N5O2/c1-3-14-11-17(20(27-13(14)2)30-9-4-7-22(24,25)8-10-30)21(31)28-15-5-6-18(23)16(12-15)19(26)29-32/h1,5-6,11-12,32H,4,7-10H2,2H3,(H2,26,29)(H,28,31). The van der Waals surface area contributed by atoms with Gasteiger partial charge in [-0.05, 0) is 37.6 Å². The fourth-order valence-corrected chi connectivity index (χ4v) is 3.47. The maximum absolute atomic E-state index is 13.9. The number of benzene rings is 1. The van der Waals surface area contributed by atoms with E-state index in [-0.39, 0.29) is 48.4 Å². The van der Waals surface area contributed by atoms with E-state index in [1.54, 1.807) is 11.8 Å². The molecule has 4 N–H and O–H groups in total. The van der Waals surface area contributed by atoms with E-state index in [0.29, 0.717) is 17.8 Å². The van der Waals surface area contributed by atoms with Gasteiger partial charge < -0.3 is 21.2 Å². The van der Waals surface area contributed by atoms with Gasteiger partial charge >= 0.3 is 0 Å². The molecule has 1 aromatic heterocycles. The number of nitrogens with two attached hydrogens (primary N) is 1. The average molecular weight is 445 g/mol. The van der Waals surface area contributed by atoms with Gasteiger partial charge in [-0.1, -0.05) is 11.1 Å². The van der Waals surface area contributed by atoms with Crippen LogP contribution in [0.1, 0.15) is 46.4 Å². The number of terminal acetylenes is 1. The summed E-state index contributed by atoms with van der Waals surface area (Å²) in [7, 11) is 0. The summed E-state index contributed by atoms with van der Waals surface area (Å²) in [5, 5.41) is 14.2. The normalized spacial score (nSPS) is 16.2. The number of carbonyl (C=O) groups excluding carboxylic acids is 1. The third kappa shape index (κ3) is 4.94. The van der Waals surface area contributed by atoms with Crippen LogP contribution in [0.15, 0.2) is 29.4 Å². The Morgan fingerprint density at radius 3 is 2.75 bits per heavy atom. The fourth-order valence-electron chi connectivity index (χ4n) is 3.47. The number of halogens is 3. The SMILES string of the molecule is C#Cc1cc(C(=O)Nc2ccc(F)c(C(N)=NO)c2)c(N2CCCC(F)(F)CC2)nc1C. The van der Waals surface area contributed by atoms with E-state index in [2.05, 4.69) is 21.4 Å². The molecule has 0 atom stereocenters. The molecule has 2 aromatic rings. The van der Waals surface area contributed by atoms with Gasteiger partial charge in [-0.15, -0.1) is 6.42 Å². The van der Waals surface area contributed by atoms with Crippen LogP contribution in [0.5, 0.6) is 0 Å². The Morgan fingerprint density at radius 1 is 1.31 bits per heavy atom. The van der Waals surface area contributed by atoms with Crippen molar-refractivity contribution in [2.24, 2.45) is 10.9 Å². The highest BCUT2D eigenvalue weighted by atomic mass is 19.3. The van der Waals surface area contributed by atoms with E-state index in [9.17, 15) is 18.0 Å². The highest BCUT2D eigenvalue weighted by molar-refractivity contribution is 6.08. The number of hydrogen-bond donors (Lipinski definition) is 3. The van der Waals surface area contributed by atoms with E-state index < -0.39 is 23.5 Å². The monoisotopic (exact) mass is 445 g/mol. The highest BCUT2D eigenvalue weighted by Gasteiger charge is 2.33. The van der Waals surface area contributed by atoms with Crippen LogP contribution < -0.4 is 16.0 Å². The van der Waals surface area contributed by atoms with Gasteiger partial charge in [-0.2, -0.15) is 0 Å². The molecule has 32 heavy (non-hydrogen) atoms. The summed E-state index contributed by atoms with van der Waals surface area (Å²) < 4.78 is 41.6. The molecular formula is C22H22F3N5O2. The highest BCUT2D eigenvalue weighted by Crippen LogP contribution is 2.31. The summed E-state index contributed by atoms with van der Waals surface area (Å²) in [6.07, 6.45) is 5.17. The minimum absolute atomic E-state index is 0.0271. The van der Waals surface area contributed by atoms with E-state index in [0.717, 1.165) is 6.07 Å². The van der Waals surface area contributed by atoms with Crippen molar-refractivity contribution in [2.75, 3.05) is 23.3 Å². The number of carbonyl (C=O) groups is 1. The van der Waals surface area contributed by atoms with Gasteiger partial charge in [0, 0.05) is 37.2 Å². The number of rotatable bonds is 4. The van der Waals surface area contributed by atoms with Crippen molar-refractivity contribution in [3.05, 3.63) is 52.5 Å². The predicted octanol–water partition coefficient (Wildman–Crippen LogP) is 3.48. The van der Waals surface area contributed by atoms with Crippen molar-refractivity contribution in [3.8, 4) is 12.3 Å². The quantitative estimate of drug-likeness (QED) is 0.220. The number of aryl methyl sites for hydroxylation is 1. The zero-order valence-electron chi connectivity index (χ0n) is 17.3. The van der Waals surface area contributed by atoms with Crippen molar-refractivity contribution in [1.82, 2.24) is 4.98 Å². The molecule has 1 fully saturated rings. The molecule has 168 valence electrons. The van der Waals surface area contributed by atoms with Crippen molar-refractivity contribution in [3.63, 3.8) is 0 Å². The molecule has 1 aliphatic rings. The van der Waals surface area contributed by atoms with Crippen LogP contribution in [0.3, 0.4) is 0 Å². The summed E-state index contributed by atoms with van der Waals surface area (Å²) in [6, 6.07) is 5.04. The minimum atomic E-state index is -2.77. The second-order valence-corrected chi connectivity index (χ2v) is 7.47. The van der Waals surface area contributed by atoms with Gasteiger partial charge in [0.25, 0.3) is 5.91 Å². The summed E-state index contributed by atoms with van der Waals surface area (Å²) in [5.74, 6) is -1.89. The van der Waals surface area contributed by atoms with Crippen molar-refractivity contribution >= 4 is 23.2 Å². The number of alkyl halides is 2. The molecule has 0 unspecified atom stereocenters. The average Bonchev–Trinajstić information content (AvgIpc) is 2.94. The fraction of sp³-hybridized carbons (Fsp3) is 0.318. The molecule has 2 heterocycles. The third-order valence-electron chi connectivity index (χ3n) is 5.22. The number of amidine groups is 1. The van der Waals surface area contributed by atoms with Gasteiger partial charge in [0.1, 0.15) is 11.6 Å². The van der Waals surface area contributed by atoms with Crippen molar-refractivity contribution in [1.29, 1.82) is 0 Å². The van der Waals surface area contributed by atoms with Gasteiger partial charge in [0.2, 0.25) is 5.92 Å². The summed E-state index contributed by atoms with van der Waals surface area (Å²) in [5.41, 5.74) is 6.42. The molecular weight excluding hydrogens is 423 g/mol. The molecule has 0 radical (unpaired) electrons. The number of nitrogens with zero attached hydrogens (tertiary/aromatic N) is 3. The number of nitrogens with one attached hydrogen (secondary N) is 1. The van der Waals surface area contributed by atoms with E-state index in [1.807, 2.05) is 0 Å². The van der Waals surface area contributed by atoms with E-state index in [1.165, 1.54) is 18.2 Å². The minimum Gasteiger partial charge on any atom is -0.409 e. The Balaban J connectivity index is 1.98. The Labute approximate surface area is 183 Å². The lowest BCUT2D eigenvalue weighted by molar-refractivity contribution is -0.0102. The first-order valence-corrected chi connectivity index (χ1v) is 9.85. The zero-order valence-corrected chi connectivity index (χ0v) is 17.3.